The minimum absolute atomic E-state index is 0.784. The second kappa shape index (κ2) is 6.61. The molecule has 0 spiro atoms. The average Bonchev–Trinajstić information content (AvgIpc) is 2.82. The maximum atomic E-state index is 5.91. The Morgan fingerprint density at radius 3 is 1.87 bits per heavy atom. The molecular weight excluding hydrogens is 380 g/mol. The van der Waals surface area contributed by atoms with E-state index in [0.717, 1.165) is 22.3 Å². The van der Waals surface area contributed by atoms with Crippen molar-refractivity contribution in [2.75, 3.05) is 14.2 Å². The van der Waals surface area contributed by atoms with Gasteiger partial charge in [-0.25, -0.2) is 0 Å². The van der Waals surface area contributed by atoms with Crippen LogP contribution < -0.4 is 9.47 Å². The van der Waals surface area contributed by atoms with Crippen LogP contribution in [0.4, 0.5) is 0 Å². The van der Waals surface area contributed by atoms with Crippen molar-refractivity contribution in [1.82, 2.24) is 0 Å². The van der Waals surface area contributed by atoms with Gasteiger partial charge in [0.05, 0.1) is 14.2 Å². The zero-order chi connectivity index (χ0) is 21.1. The van der Waals surface area contributed by atoms with Crippen molar-refractivity contribution >= 4 is 53.9 Å². The maximum Gasteiger partial charge on any atom is 0.169 e. The molecule has 0 aliphatic heterocycles. The van der Waals surface area contributed by atoms with E-state index >= 15 is 0 Å². The van der Waals surface area contributed by atoms with Gasteiger partial charge in [-0.3, -0.25) is 0 Å². The Labute approximate surface area is 180 Å². The largest absolute Gasteiger partial charge is 0.492 e. The monoisotopic (exact) mass is 402 g/mol. The van der Waals surface area contributed by atoms with E-state index in [2.05, 4.69) is 85.8 Å². The topological polar surface area (TPSA) is 18.5 Å². The van der Waals surface area contributed by atoms with Gasteiger partial charge in [0.2, 0.25) is 0 Å². The minimum atomic E-state index is 0.784. The lowest BCUT2D eigenvalue weighted by atomic mass is 9.88. The van der Waals surface area contributed by atoms with Crippen molar-refractivity contribution in [3.05, 3.63) is 84.4 Å². The predicted octanol–water partition coefficient (Wildman–Crippen LogP) is 7.78. The van der Waals surface area contributed by atoms with Crippen molar-refractivity contribution in [3.8, 4) is 11.5 Å². The first-order valence-electron chi connectivity index (χ1n) is 10.5. The molecule has 0 fully saturated rings. The molecule has 0 radical (unpaired) electrons. The van der Waals surface area contributed by atoms with Crippen LogP contribution >= 0.6 is 0 Å². The fourth-order valence-electron chi connectivity index (χ4n) is 5.21. The summed E-state index contributed by atoms with van der Waals surface area (Å²) in [6.45, 7) is 2.20. The number of hydrogen-bond acceptors (Lipinski definition) is 2. The SMILES string of the molecule is COc1c(OC)c2ccc3c(C)cc4ccc5ccccc5c4c3c2c2ccccc12. The Morgan fingerprint density at radius 1 is 0.484 bits per heavy atom. The molecular formula is C29H22O2. The molecule has 6 rings (SSSR count). The zero-order valence-electron chi connectivity index (χ0n) is 17.8. The second-order valence-electron chi connectivity index (χ2n) is 8.10. The molecule has 6 aromatic rings. The summed E-state index contributed by atoms with van der Waals surface area (Å²) in [6, 6.07) is 28.3. The first-order chi connectivity index (χ1) is 15.2. The quantitative estimate of drug-likeness (QED) is 0.275. The van der Waals surface area contributed by atoms with Crippen LogP contribution in [-0.4, -0.2) is 14.2 Å². The molecule has 0 unspecified atom stereocenters. The lowest BCUT2D eigenvalue weighted by Gasteiger charge is -2.19. The van der Waals surface area contributed by atoms with Gasteiger partial charge in [-0.1, -0.05) is 72.8 Å². The third-order valence-electron chi connectivity index (χ3n) is 6.51. The first kappa shape index (κ1) is 18.0. The summed E-state index contributed by atoms with van der Waals surface area (Å²) in [5.41, 5.74) is 1.28. The average molecular weight is 402 g/mol. The van der Waals surface area contributed by atoms with Gasteiger partial charge in [0.25, 0.3) is 0 Å². The number of methoxy groups -OCH3 is 2. The van der Waals surface area contributed by atoms with Crippen molar-refractivity contribution in [3.63, 3.8) is 0 Å². The van der Waals surface area contributed by atoms with Gasteiger partial charge in [-0.05, 0) is 56.3 Å². The zero-order valence-corrected chi connectivity index (χ0v) is 17.8. The van der Waals surface area contributed by atoms with E-state index in [0.29, 0.717) is 0 Å². The van der Waals surface area contributed by atoms with E-state index in [1.54, 1.807) is 14.2 Å². The number of rotatable bonds is 2. The van der Waals surface area contributed by atoms with Crippen LogP contribution in [0.15, 0.2) is 78.9 Å². The van der Waals surface area contributed by atoms with Crippen molar-refractivity contribution < 1.29 is 9.47 Å². The molecule has 31 heavy (non-hydrogen) atoms. The number of benzene rings is 6. The van der Waals surface area contributed by atoms with E-state index in [1.807, 2.05) is 0 Å². The third kappa shape index (κ3) is 2.39. The standard InChI is InChI=1S/C29H22O2/c1-17-16-19-13-12-18-8-4-5-9-21(18)25(19)27-20(17)14-15-24-26(27)22-10-6-7-11-23(22)28(30-2)29(24)31-3/h4-16H,1-3H3. The number of fused-ring (bicyclic) bond motifs is 9. The lowest BCUT2D eigenvalue weighted by Crippen LogP contribution is -1.95. The highest BCUT2D eigenvalue weighted by Gasteiger charge is 2.19. The van der Waals surface area contributed by atoms with Crippen molar-refractivity contribution in [2.24, 2.45) is 0 Å². The van der Waals surface area contributed by atoms with Crippen LogP contribution in [0.2, 0.25) is 0 Å². The maximum absolute atomic E-state index is 5.91. The molecule has 0 bridgehead atoms. The molecule has 6 aromatic carbocycles. The summed E-state index contributed by atoms with van der Waals surface area (Å²) < 4.78 is 11.7. The smallest absolute Gasteiger partial charge is 0.169 e. The molecule has 2 nitrogen and oxygen atoms in total. The minimum Gasteiger partial charge on any atom is -0.492 e. The third-order valence-corrected chi connectivity index (χ3v) is 6.51. The van der Waals surface area contributed by atoms with Gasteiger partial charge in [0.15, 0.2) is 11.5 Å². The van der Waals surface area contributed by atoms with Crippen LogP contribution in [0.5, 0.6) is 11.5 Å². The highest BCUT2D eigenvalue weighted by molar-refractivity contribution is 6.34. The van der Waals surface area contributed by atoms with Gasteiger partial charge in [-0.2, -0.15) is 0 Å². The Hall–Kier alpha value is -3.78. The Bertz CT molecular complexity index is 1660. The summed E-state index contributed by atoms with van der Waals surface area (Å²) >= 11 is 0. The van der Waals surface area contributed by atoms with Crippen LogP contribution in [0.1, 0.15) is 5.56 Å². The second-order valence-corrected chi connectivity index (χ2v) is 8.10. The first-order valence-corrected chi connectivity index (χ1v) is 10.5. The molecule has 0 aliphatic carbocycles. The van der Waals surface area contributed by atoms with Crippen LogP contribution in [0, 0.1) is 6.92 Å². The lowest BCUT2D eigenvalue weighted by molar-refractivity contribution is 0.362. The number of ether oxygens (including phenoxy) is 2. The van der Waals surface area contributed by atoms with Crippen LogP contribution in [0.25, 0.3) is 53.9 Å². The van der Waals surface area contributed by atoms with Crippen molar-refractivity contribution in [1.29, 1.82) is 0 Å². The Morgan fingerprint density at radius 2 is 1.10 bits per heavy atom. The van der Waals surface area contributed by atoms with Gasteiger partial charge in [0, 0.05) is 16.2 Å². The summed E-state index contributed by atoms with van der Waals surface area (Å²) in [7, 11) is 3.43. The van der Waals surface area contributed by atoms with Gasteiger partial charge in [0.1, 0.15) is 0 Å². The highest BCUT2D eigenvalue weighted by Crippen LogP contribution is 2.48. The molecule has 0 heterocycles. The molecule has 0 amide bonds. The summed E-state index contributed by atoms with van der Waals surface area (Å²) in [6.07, 6.45) is 0. The van der Waals surface area contributed by atoms with Crippen molar-refractivity contribution in [2.45, 2.75) is 6.92 Å². The van der Waals surface area contributed by atoms with Crippen LogP contribution in [-0.2, 0) is 0 Å². The summed E-state index contributed by atoms with van der Waals surface area (Å²) in [5.74, 6) is 1.57. The molecule has 150 valence electrons. The molecule has 0 saturated heterocycles. The van der Waals surface area contributed by atoms with Crippen LogP contribution in [0.3, 0.4) is 0 Å². The number of aryl methyl sites for hydroxylation is 1. The Balaban J connectivity index is 2.04. The fraction of sp³-hybridized carbons (Fsp3) is 0.103. The van der Waals surface area contributed by atoms with Gasteiger partial charge in [-0.15, -0.1) is 0 Å². The highest BCUT2D eigenvalue weighted by atomic mass is 16.5. The molecule has 0 aromatic heterocycles. The summed E-state index contributed by atoms with van der Waals surface area (Å²) in [5, 5.41) is 12.2. The summed E-state index contributed by atoms with van der Waals surface area (Å²) in [4.78, 5) is 0. The van der Waals surface area contributed by atoms with E-state index < -0.39 is 0 Å². The molecule has 0 saturated carbocycles. The van der Waals surface area contributed by atoms with E-state index in [1.165, 1.54) is 48.7 Å². The van der Waals surface area contributed by atoms with Gasteiger partial charge < -0.3 is 9.47 Å². The normalized spacial score (nSPS) is 11.7. The predicted molar refractivity (Wildman–Crippen MR) is 132 cm³/mol. The molecule has 0 aliphatic rings. The van der Waals surface area contributed by atoms with E-state index in [4.69, 9.17) is 9.47 Å². The number of hydrogen-bond donors (Lipinski definition) is 0. The van der Waals surface area contributed by atoms with E-state index in [-0.39, 0.29) is 0 Å². The molecule has 0 N–H and O–H groups in total. The Kier molecular flexibility index (Phi) is 3.85. The molecule has 0 atom stereocenters. The molecule has 2 heteroatoms. The van der Waals surface area contributed by atoms with Gasteiger partial charge >= 0.3 is 0 Å². The van der Waals surface area contributed by atoms with E-state index in [9.17, 15) is 0 Å². The fourth-order valence-corrected chi connectivity index (χ4v) is 5.21.